The van der Waals surface area contributed by atoms with E-state index >= 15 is 0 Å². The molecule has 0 bridgehead atoms. The summed E-state index contributed by atoms with van der Waals surface area (Å²) in [4.78, 5) is 2.38. The van der Waals surface area contributed by atoms with Crippen LogP contribution in [0.3, 0.4) is 0 Å². The summed E-state index contributed by atoms with van der Waals surface area (Å²) in [6, 6.07) is 0.544. The Labute approximate surface area is 72.0 Å². The fraction of sp³-hybridized carbons (Fsp3) is 0.625. The van der Waals surface area contributed by atoms with Crippen LogP contribution in [-0.4, -0.2) is 34.3 Å². The van der Waals surface area contributed by atoms with Gasteiger partial charge in [-0.1, -0.05) is 6.92 Å². The fourth-order valence-corrected chi connectivity index (χ4v) is 1.52. The first kappa shape index (κ1) is 7.61. The van der Waals surface area contributed by atoms with Crippen molar-refractivity contribution >= 4 is 5.69 Å². The van der Waals surface area contributed by atoms with Crippen molar-refractivity contribution in [3.63, 3.8) is 0 Å². The van der Waals surface area contributed by atoms with Gasteiger partial charge in [0.05, 0.1) is 17.9 Å². The summed E-state index contributed by atoms with van der Waals surface area (Å²) in [6.07, 6.45) is 3.60. The maximum absolute atomic E-state index is 5.57. The van der Waals surface area contributed by atoms with E-state index in [0.717, 1.165) is 25.3 Å². The average molecular weight is 166 g/mol. The summed E-state index contributed by atoms with van der Waals surface area (Å²) in [7, 11) is 0. The SMILES string of the molecule is CCN1CC(n2cc(N)cn2)C1. The van der Waals surface area contributed by atoms with E-state index in [-0.39, 0.29) is 0 Å². The molecule has 12 heavy (non-hydrogen) atoms. The molecule has 0 aliphatic carbocycles. The Morgan fingerprint density at radius 1 is 1.67 bits per heavy atom. The van der Waals surface area contributed by atoms with Crippen LogP contribution in [0, 0.1) is 0 Å². The van der Waals surface area contributed by atoms with Crippen molar-refractivity contribution < 1.29 is 0 Å². The maximum atomic E-state index is 5.57. The largest absolute Gasteiger partial charge is 0.396 e. The van der Waals surface area contributed by atoms with Crippen LogP contribution in [0.2, 0.25) is 0 Å². The number of likely N-dealkylation sites (tertiary alicyclic amines) is 1. The van der Waals surface area contributed by atoms with Crippen molar-refractivity contribution in [1.29, 1.82) is 0 Å². The van der Waals surface area contributed by atoms with Crippen LogP contribution in [0.4, 0.5) is 5.69 Å². The molecule has 1 aliphatic rings. The zero-order valence-corrected chi connectivity index (χ0v) is 7.27. The molecule has 2 rings (SSSR count). The molecule has 0 aromatic carbocycles. The second kappa shape index (κ2) is 2.79. The molecule has 0 radical (unpaired) electrons. The Morgan fingerprint density at radius 2 is 2.42 bits per heavy atom. The highest BCUT2D eigenvalue weighted by molar-refractivity contribution is 5.30. The third kappa shape index (κ3) is 1.18. The second-order valence-corrected chi connectivity index (χ2v) is 3.26. The highest BCUT2D eigenvalue weighted by Gasteiger charge is 2.26. The molecular weight excluding hydrogens is 152 g/mol. The van der Waals surface area contributed by atoms with Crippen LogP contribution in [0.15, 0.2) is 12.4 Å². The van der Waals surface area contributed by atoms with E-state index in [0.29, 0.717) is 6.04 Å². The Kier molecular flexibility index (Phi) is 1.77. The number of nitrogens with zero attached hydrogens (tertiary/aromatic N) is 3. The first-order chi connectivity index (χ1) is 5.79. The van der Waals surface area contributed by atoms with Crippen LogP contribution < -0.4 is 5.73 Å². The van der Waals surface area contributed by atoms with Gasteiger partial charge in [0, 0.05) is 19.3 Å². The van der Waals surface area contributed by atoms with E-state index in [1.807, 2.05) is 10.9 Å². The number of aromatic nitrogens is 2. The normalized spacial score (nSPS) is 19.4. The Morgan fingerprint density at radius 3 is 2.92 bits per heavy atom. The number of anilines is 1. The molecule has 1 saturated heterocycles. The average Bonchev–Trinajstić information content (AvgIpc) is 2.34. The van der Waals surface area contributed by atoms with Crippen LogP contribution >= 0.6 is 0 Å². The predicted molar refractivity (Wildman–Crippen MR) is 47.8 cm³/mol. The maximum Gasteiger partial charge on any atom is 0.0773 e. The molecule has 1 aromatic heterocycles. The zero-order chi connectivity index (χ0) is 8.55. The smallest absolute Gasteiger partial charge is 0.0773 e. The summed E-state index contributed by atoms with van der Waals surface area (Å²) in [5.41, 5.74) is 6.32. The molecule has 66 valence electrons. The minimum atomic E-state index is 0.544. The van der Waals surface area contributed by atoms with Crippen molar-refractivity contribution in [3.05, 3.63) is 12.4 Å². The summed E-state index contributed by atoms with van der Waals surface area (Å²) in [5.74, 6) is 0. The minimum absolute atomic E-state index is 0.544. The van der Waals surface area contributed by atoms with E-state index in [1.54, 1.807) is 6.20 Å². The zero-order valence-electron chi connectivity index (χ0n) is 7.27. The van der Waals surface area contributed by atoms with Crippen LogP contribution in [0.1, 0.15) is 13.0 Å². The Hall–Kier alpha value is -1.03. The third-order valence-electron chi connectivity index (χ3n) is 2.38. The topological polar surface area (TPSA) is 47.1 Å². The number of hydrogen-bond donors (Lipinski definition) is 1. The van der Waals surface area contributed by atoms with Crippen molar-refractivity contribution in [1.82, 2.24) is 14.7 Å². The molecule has 1 aromatic rings. The molecule has 4 nitrogen and oxygen atoms in total. The predicted octanol–water partition coefficient (Wildman–Crippen LogP) is 0.342. The van der Waals surface area contributed by atoms with Crippen molar-refractivity contribution in [2.75, 3.05) is 25.4 Å². The van der Waals surface area contributed by atoms with Crippen LogP contribution in [0.5, 0.6) is 0 Å². The first-order valence-electron chi connectivity index (χ1n) is 4.31. The van der Waals surface area contributed by atoms with E-state index < -0.39 is 0 Å². The Bertz CT molecular complexity index is 262. The van der Waals surface area contributed by atoms with Crippen molar-refractivity contribution in [2.45, 2.75) is 13.0 Å². The molecule has 1 aliphatic heterocycles. The molecule has 0 spiro atoms. The number of nitrogens with two attached hydrogens (primary N) is 1. The fourth-order valence-electron chi connectivity index (χ4n) is 1.52. The van der Waals surface area contributed by atoms with Gasteiger partial charge in [0.25, 0.3) is 0 Å². The van der Waals surface area contributed by atoms with Gasteiger partial charge in [0.1, 0.15) is 0 Å². The molecule has 1 fully saturated rings. The molecule has 0 amide bonds. The quantitative estimate of drug-likeness (QED) is 0.689. The van der Waals surface area contributed by atoms with E-state index in [4.69, 9.17) is 5.73 Å². The highest BCUT2D eigenvalue weighted by Crippen LogP contribution is 2.20. The summed E-state index contributed by atoms with van der Waals surface area (Å²) in [5, 5.41) is 4.17. The minimum Gasteiger partial charge on any atom is -0.396 e. The number of rotatable bonds is 2. The van der Waals surface area contributed by atoms with Gasteiger partial charge in [-0.05, 0) is 6.54 Å². The summed E-state index contributed by atoms with van der Waals surface area (Å²) < 4.78 is 1.96. The van der Waals surface area contributed by atoms with Gasteiger partial charge in [-0.25, -0.2) is 0 Å². The van der Waals surface area contributed by atoms with E-state index in [2.05, 4.69) is 16.9 Å². The lowest BCUT2D eigenvalue weighted by Crippen LogP contribution is -2.47. The molecule has 2 heterocycles. The first-order valence-corrected chi connectivity index (χ1v) is 4.31. The van der Waals surface area contributed by atoms with Gasteiger partial charge in [-0.3, -0.25) is 9.58 Å². The van der Waals surface area contributed by atoms with Crippen LogP contribution in [-0.2, 0) is 0 Å². The second-order valence-electron chi connectivity index (χ2n) is 3.26. The standard InChI is InChI=1S/C8H14N4/c1-2-11-5-8(6-11)12-4-7(9)3-10-12/h3-4,8H,2,5-6,9H2,1H3. The number of hydrogen-bond acceptors (Lipinski definition) is 3. The number of nitrogen functional groups attached to an aromatic ring is 1. The molecule has 2 N–H and O–H groups in total. The van der Waals surface area contributed by atoms with Gasteiger partial charge >= 0.3 is 0 Å². The molecular formula is C8H14N4. The van der Waals surface area contributed by atoms with Crippen molar-refractivity contribution in [3.8, 4) is 0 Å². The summed E-state index contributed by atoms with van der Waals surface area (Å²) in [6.45, 7) is 5.52. The lowest BCUT2D eigenvalue weighted by molar-refractivity contribution is 0.105. The van der Waals surface area contributed by atoms with Gasteiger partial charge in [-0.15, -0.1) is 0 Å². The molecule has 0 unspecified atom stereocenters. The number of likely N-dealkylation sites (N-methyl/N-ethyl adjacent to an activating group) is 1. The summed E-state index contributed by atoms with van der Waals surface area (Å²) >= 11 is 0. The molecule has 0 atom stereocenters. The van der Waals surface area contributed by atoms with E-state index in [1.165, 1.54) is 0 Å². The van der Waals surface area contributed by atoms with Crippen molar-refractivity contribution in [2.24, 2.45) is 0 Å². The highest BCUT2D eigenvalue weighted by atomic mass is 15.4. The molecule has 4 heteroatoms. The monoisotopic (exact) mass is 166 g/mol. The van der Waals surface area contributed by atoms with E-state index in [9.17, 15) is 0 Å². The van der Waals surface area contributed by atoms with Gasteiger partial charge < -0.3 is 5.73 Å². The molecule has 0 saturated carbocycles. The lowest BCUT2D eigenvalue weighted by atomic mass is 10.1. The Balaban J connectivity index is 1.96. The van der Waals surface area contributed by atoms with Gasteiger partial charge in [-0.2, -0.15) is 5.10 Å². The van der Waals surface area contributed by atoms with Gasteiger partial charge in [0.15, 0.2) is 0 Å². The lowest BCUT2D eigenvalue weighted by Gasteiger charge is -2.38. The van der Waals surface area contributed by atoms with Crippen LogP contribution in [0.25, 0.3) is 0 Å². The van der Waals surface area contributed by atoms with Gasteiger partial charge in [0.2, 0.25) is 0 Å². The third-order valence-corrected chi connectivity index (χ3v) is 2.38.